The van der Waals surface area contributed by atoms with E-state index in [1.165, 1.54) is 18.4 Å². The van der Waals surface area contributed by atoms with Gasteiger partial charge >= 0.3 is 0 Å². The molecule has 0 aliphatic heterocycles. The summed E-state index contributed by atoms with van der Waals surface area (Å²) in [5.41, 5.74) is 6.82. The molecular weight excluding hydrogens is 236 g/mol. The fourth-order valence-electron chi connectivity index (χ4n) is 2.89. The molecule has 1 aromatic carbocycles. The Labute approximate surface area is 115 Å². The lowest BCUT2D eigenvalue weighted by molar-refractivity contribution is -0.133. The predicted octanol–water partition coefficient (Wildman–Crippen LogP) is 2.35. The molecule has 0 aromatic heterocycles. The maximum absolute atomic E-state index is 12.2. The zero-order valence-electron chi connectivity index (χ0n) is 11.6. The first-order valence-electron chi connectivity index (χ1n) is 7.34. The Hall–Kier alpha value is -1.35. The number of hydrogen-bond donors (Lipinski definition) is 1. The number of carbonyl (C=O) groups is 1. The lowest BCUT2D eigenvalue weighted by Gasteiger charge is -2.29. The Kier molecular flexibility index (Phi) is 5.40. The van der Waals surface area contributed by atoms with Gasteiger partial charge < -0.3 is 10.6 Å². The Bertz CT molecular complexity index is 385. The number of rotatable bonds is 6. The number of benzene rings is 1. The highest BCUT2D eigenvalue weighted by Crippen LogP contribution is 2.24. The van der Waals surface area contributed by atoms with E-state index in [-0.39, 0.29) is 5.91 Å². The van der Waals surface area contributed by atoms with Crippen LogP contribution in [-0.2, 0) is 11.2 Å². The molecule has 1 saturated carbocycles. The Morgan fingerprint density at radius 2 is 1.89 bits per heavy atom. The third kappa shape index (κ3) is 4.06. The third-order valence-electron chi connectivity index (χ3n) is 3.93. The van der Waals surface area contributed by atoms with E-state index in [0.29, 0.717) is 19.0 Å². The fraction of sp³-hybridized carbons (Fsp3) is 0.562. The maximum atomic E-state index is 12.2. The van der Waals surface area contributed by atoms with Crippen molar-refractivity contribution < 1.29 is 4.79 Å². The van der Waals surface area contributed by atoms with Gasteiger partial charge in [-0.05, 0) is 24.8 Å². The molecule has 0 bridgehead atoms. The number of carbonyl (C=O) groups excluding carboxylic acids is 1. The first kappa shape index (κ1) is 14.1. The van der Waals surface area contributed by atoms with Crippen molar-refractivity contribution in [1.82, 2.24) is 4.90 Å². The summed E-state index contributed by atoms with van der Waals surface area (Å²) in [6, 6.07) is 10.8. The van der Waals surface area contributed by atoms with Gasteiger partial charge in [0, 0.05) is 25.6 Å². The topological polar surface area (TPSA) is 46.3 Å². The second-order valence-corrected chi connectivity index (χ2v) is 5.30. The normalized spacial score (nSPS) is 15.6. The molecule has 1 aromatic rings. The second kappa shape index (κ2) is 7.29. The van der Waals surface area contributed by atoms with Crippen LogP contribution >= 0.6 is 0 Å². The smallest absolute Gasteiger partial charge is 0.224 e. The molecule has 2 N–H and O–H groups in total. The molecule has 0 radical (unpaired) electrons. The van der Waals surface area contributed by atoms with Crippen molar-refractivity contribution >= 4 is 5.91 Å². The van der Waals surface area contributed by atoms with Gasteiger partial charge in [-0.1, -0.05) is 43.2 Å². The van der Waals surface area contributed by atoms with Crippen LogP contribution in [0.3, 0.4) is 0 Å². The lowest BCUT2D eigenvalue weighted by atomic mass is 10.1. The molecule has 19 heavy (non-hydrogen) atoms. The van der Waals surface area contributed by atoms with E-state index in [4.69, 9.17) is 5.73 Å². The predicted molar refractivity (Wildman–Crippen MR) is 77.8 cm³/mol. The lowest BCUT2D eigenvalue weighted by Crippen LogP contribution is -2.41. The average molecular weight is 260 g/mol. The van der Waals surface area contributed by atoms with Gasteiger partial charge in [0.15, 0.2) is 0 Å². The van der Waals surface area contributed by atoms with Gasteiger partial charge in [0.2, 0.25) is 5.91 Å². The summed E-state index contributed by atoms with van der Waals surface area (Å²) in [7, 11) is 0. The molecule has 0 saturated heterocycles. The zero-order valence-corrected chi connectivity index (χ0v) is 11.6. The number of nitrogens with two attached hydrogens (primary N) is 1. The molecule has 104 valence electrons. The number of amides is 1. The highest BCUT2D eigenvalue weighted by atomic mass is 16.2. The summed E-state index contributed by atoms with van der Waals surface area (Å²) in [5, 5.41) is 0. The molecule has 3 heteroatoms. The molecule has 0 heterocycles. The number of hydrogen-bond acceptors (Lipinski definition) is 2. The molecule has 1 aliphatic rings. The van der Waals surface area contributed by atoms with Crippen LogP contribution in [0.25, 0.3) is 0 Å². The van der Waals surface area contributed by atoms with Crippen molar-refractivity contribution in [1.29, 1.82) is 0 Å². The van der Waals surface area contributed by atoms with Crippen molar-refractivity contribution in [3.8, 4) is 0 Å². The summed E-state index contributed by atoms with van der Waals surface area (Å²) in [5.74, 6) is 0.227. The average Bonchev–Trinajstić information content (AvgIpc) is 2.94. The minimum absolute atomic E-state index is 0.227. The van der Waals surface area contributed by atoms with Crippen LogP contribution in [0.1, 0.15) is 37.7 Å². The Morgan fingerprint density at radius 1 is 1.21 bits per heavy atom. The molecular formula is C16H24N2O. The first-order valence-corrected chi connectivity index (χ1v) is 7.34. The third-order valence-corrected chi connectivity index (χ3v) is 3.93. The Morgan fingerprint density at radius 3 is 2.53 bits per heavy atom. The molecule has 0 spiro atoms. The standard InChI is InChI=1S/C16H24N2O/c17-12-10-16(19)18(15-8-4-5-9-15)13-11-14-6-2-1-3-7-14/h1-3,6-7,15H,4-5,8-13,17H2. The molecule has 0 atom stereocenters. The van der Waals surface area contributed by atoms with Crippen molar-refractivity contribution in [3.63, 3.8) is 0 Å². The molecule has 0 unspecified atom stereocenters. The first-order chi connectivity index (χ1) is 9.31. The Balaban J connectivity index is 1.95. The van der Waals surface area contributed by atoms with Crippen molar-refractivity contribution in [2.24, 2.45) is 5.73 Å². The summed E-state index contributed by atoms with van der Waals surface area (Å²) >= 11 is 0. The molecule has 1 fully saturated rings. The van der Waals surface area contributed by atoms with Crippen LogP contribution in [0.5, 0.6) is 0 Å². The summed E-state index contributed by atoms with van der Waals surface area (Å²) in [6.45, 7) is 1.28. The maximum Gasteiger partial charge on any atom is 0.224 e. The van der Waals surface area contributed by atoms with Gasteiger partial charge in [0.05, 0.1) is 0 Å². The minimum atomic E-state index is 0.227. The second-order valence-electron chi connectivity index (χ2n) is 5.30. The molecule has 3 nitrogen and oxygen atoms in total. The summed E-state index contributed by atoms with van der Waals surface area (Å²) in [6.07, 6.45) is 6.24. The number of nitrogens with zero attached hydrogens (tertiary/aromatic N) is 1. The van der Waals surface area contributed by atoms with Gasteiger partial charge in [-0.15, -0.1) is 0 Å². The molecule has 1 amide bonds. The van der Waals surface area contributed by atoms with E-state index < -0.39 is 0 Å². The van der Waals surface area contributed by atoms with Crippen LogP contribution in [0.15, 0.2) is 30.3 Å². The highest BCUT2D eigenvalue weighted by Gasteiger charge is 2.25. The summed E-state index contributed by atoms with van der Waals surface area (Å²) in [4.78, 5) is 14.3. The van der Waals surface area contributed by atoms with Gasteiger partial charge in [-0.3, -0.25) is 4.79 Å². The van der Waals surface area contributed by atoms with Crippen LogP contribution in [0.2, 0.25) is 0 Å². The quantitative estimate of drug-likeness (QED) is 0.853. The van der Waals surface area contributed by atoms with Crippen LogP contribution < -0.4 is 5.73 Å². The monoisotopic (exact) mass is 260 g/mol. The highest BCUT2D eigenvalue weighted by molar-refractivity contribution is 5.76. The van der Waals surface area contributed by atoms with E-state index in [2.05, 4.69) is 29.2 Å². The fourth-order valence-corrected chi connectivity index (χ4v) is 2.89. The van der Waals surface area contributed by atoms with E-state index in [1.54, 1.807) is 0 Å². The minimum Gasteiger partial charge on any atom is -0.339 e. The van der Waals surface area contributed by atoms with Gasteiger partial charge in [-0.25, -0.2) is 0 Å². The van der Waals surface area contributed by atoms with Crippen LogP contribution in [-0.4, -0.2) is 29.9 Å². The van der Waals surface area contributed by atoms with Crippen LogP contribution in [0, 0.1) is 0 Å². The zero-order chi connectivity index (χ0) is 13.5. The van der Waals surface area contributed by atoms with E-state index in [1.807, 2.05) is 6.07 Å². The summed E-state index contributed by atoms with van der Waals surface area (Å²) < 4.78 is 0. The van der Waals surface area contributed by atoms with Gasteiger partial charge in [0.25, 0.3) is 0 Å². The molecule has 1 aliphatic carbocycles. The van der Waals surface area contributed by atoms with Crippen molar-refractivity contribution in [2.75, 3.05) is 13.1 Å². The molecule has 2 rings (SSSR count). The van der Waals surface area contributed by atoms with Gasteiger partial charge in [-0.2, -0.15) is 0 Å². The van der Waals surface area contributed by atoms with Crippen LogP contribution in [0.4, 0.5) is 0 Å². The van der Waals surface area contributed by atoms with Crippen molar-refractivity contribution in [3.05, 3.63) is 35.9 Å². The SMILES string of the molecule is NCCC(=O)N(CCc1ccccc1)C1CCCC1. The van der Waals surface area contributed by atoms with E-state index >= 15 is 0 Å². The largest absolute Gasteiger partial charge is 0.339 e. The van der Waals surface area contributed by atoms with Crippen molar-refractivity contribution in [2.45, 2.75) is 44.6 Å². The van der Waals surface area contributed by atoms with Gasteiger partial charge in [0.1, 0.15) is 0 Å². The van der Waals surface area contributed by atoms with E-state index in [0.717, 1.165) is 25.8 Å². The van der Waals surface area contributed by atoms with E-state index in [9.17, 15) is 4.79 Å².